The van der Waals surface area contributed by atoms with Crippen molar-refractivity contribution >= 4 is 11.8 Å². The lowest BCUT2D eigenvalue weighted by Crippen LogP contribution is -2.24. The third kappa shape index (κ3) is 5.14. The quantitative estimate of drug-likeness (QED) is 0.634. The van der Waals surface area contributed by atoms with Crippen molar-refractivity contribution < 1.29 is 9.59 Å². The van der Waals surface area contributed by atoms with Crippen molar-refractivity contribution in [1.29, 1.82) is 0 Å². The highest BCUT2D eigenvalue weighted by Gasteiger charge is 2.16. The van der Waals surface area contributed by atoms with E-state index < -0.39 is 0 Å². The molecule has 1 N–H and O–H groups in total. The fraction of sp³-hybridized carbons (Fsp3) is 0.348. The Morgan fingerprint density at radius 2 is 1.81 bits per heavy atom. The van der Waals surface area contributed by atoms with Crippen LogP contribution in [0.5, 0.6) is 0 Å². The Kier molecular flexibility index (Phi) is 6.79. The van der Waals surface area contributed by atoms with Gasteiger partial charge in [0, 0.05) is 51.1 Å². The topological polar surface area (TPSA) is 93.0 Å². The van der Waals surface area contributed by atoms with Gasteiger partial charge in [-0.25, -0.2) is 9.97 Å². The molecule has 0 spiro atoms. The van der Waals surface area contributed by atoms with Gasteiger partial charge in [-0.3, -0.25) is 14.3 Å². The lowest BCUT2D eigenvalue weighted by Gasteiger charge is -2.13. The highest BCUT2D eigenvalue weighted by Crippen LogP contribution is 2.22. The average molecular weight is 421 g/mol. The van der Waals surface area contributed by atoms with Gasteiger partial charge in [-0.15, -0.1) is 0 Å². The van der Waals surface area contributed by atoms with Gasteiger partial charge < -0.3 is 10.2 Å². The molecule has 0 aliphatic rings. The van der Waals surface area contributed by atoms with E-state index in [1.54, 1.807) is 14.1 Å². The molecule has 162 valence electrons. The summed E-state index contributed by atoms with van der Waals surface area (Å²) in [6.45, 7) is 7.02. The van der Waals surface area contributed by atoms with Crippen LogP contribution in [0.3, 0.4) is 0 Å². The molecule has 0 fully saturated rings. The second-order valence-electron chi connectivity index (χ2n) is 7.73. The first kappa shape index (κ1) is 22.1. The molecule has 2 aromatic heterocycles. The van der Waals surface area contributed by atoms with Crippen LogP contribution in [0, 0.1) is 20.8 Å². The summed E-state index contributed by atoms with van der Waals surface area (Å²) in [5, 5.41) is 7.42. The van der Waals surface area contributed by atoms with Crippen LogP contribution in [-0.2, 0) is 17.9 Å². The Morgan fingerprint density at radius 1 is 1.10 bits per heavy atom. The molecule has 0 saturated heterocycles. The van der Waals surface area contributed by atoms with Crippen LogP contribution in [0.4, 0.5) is 0 Å². The molecule has 1 aromatic carbocycles. The predicted molar refractivity (Wildman–Crippen MR) is 118 cm³/mol. The molecule has 8 nitrogen and oxygen atoms in total. The van der Waals surface area contributed by atoms with Crippen molar-refractivity contribution in [1.82, 2.24) is 30.0 Å². The lowest BCUT2D eigenvalue weighted by atomic mass is 10.0. The molecule has 31 heavy (non-hydrogen) atoms. The first-order valence-corrected chi connectivity index (χ1v) is 10.2. The van der Waals surface area contributed by atoms with Crippen molar-refractivity contribution in [2.24, 2.45) is 0 Å². The molecule has 0 bridgehead atoms. The Morgan fingerprint density at radius 3 is 2.42 bits per heavy atom. The molecule has 2 amide bonds. The van der Waals surface area contributed by atoms with Gasteiger partial charge in [-0.2, -0.15) is 5.10 Å². The Labute approximate surface area is 182 Å². The molecule has 3 aromatic rings. The third-order valence-corrected chi connectivity index (χ3v) is 5.36. The van der Waals surface area contributed by atoms with Gasteiger partial charge in [-0.05, 0) is 31.9 Å². The average Bonchev–Trinajstić information content (AvgIpc) is 3.02. The summed E-state index contributed by atoms with van der Waals surface area (Å²) in [5.74, 6) is -0.173. The van der Waals surface area contributed by atoms with Crippen LogP contribution in [0.1, 0.15) is 39.3 Å². The first-order valence-electron chi connectivity index (χ1n) is 10.2. The Bertz CT molecular complexity index is 1090. The molecular weight excluding hydrogens is 392 g/mol. The fourth-order valence-corrected chi connectivity index (χ4v) is 3.24. The largest absolute Gasteiger partial charge is 0.352 e. The summed E-state index contributed by atoms with van der Waals surface area (Å²) in [6.07, 6.45) is 3.33. The molecule has 0 aliphatic heterocycles. The number of aromatic nitrogens is 4. The number of hydrogen-bond donors (Lipinski definition) is 1. The van der Waals surface area contributed by atoms with Crippen LogP contribution < -0.4 is 5.32 Å². The van der Waals surface area contributed by atoms with Crippen molar-refractivity contribution in [3.63, 3.8) is 0 Å². The Hall–Kier alpha value is -3.55. The molecule has 0 atom stereocenters. The van der Waals surface area contributed by atoms with Gasteiger partial charge in [0.1, 0.15) is 6.33 Å². The zero-order valence-corrected chi connectivity index (χ0v) is 18.6. The summed E-state index contributed by atoms with van der Waals surface area (Å²) >= 11 is 0. The molecular formula is C23H28N6O2. The van der Waals surface area contributed by atoms with Gasteiger partial charge in [0.05, 0.1) is 17.0 Å². The number of nitrogens with zero attached hydrogens (tertiary/aromatic N) is 5. The Balaban J connectivity index is 1.59. The predicted octanol–water partition coefficient (Wildman–Crippen LogP) is 2.67. The monoisotopic (exact) mass is 420 g/mol. The van der Waals surface area contributed by atoms with Crippen molar-refractivity contribution in [2.75, 3.05) is 14.1 Å². The van der Waals surface area contributed by atoms with Crippen LogP contribution in [-0.4, -0.2) is 50.6 Å². The maximum atomic E-state index is 12.4. The van der Waals surface area contributed by atoms with Crippen molar-refractivity contribution in [3.05, 3.63) is 64.9 Å². The number of hydrogen-bond acceptors (Lipinski definition) is 5. The molecule has 0 aliphatic carbocycles. The first-order chi connectivity index (χ1) is 14.8. The van der Waals surface area contributed by atoms with E-state index in [0.717, 1.165) is 22.5 Å². The van der Waals surface area contributed by atoms with Crippen LogP contribution in [0.2, 0.25) is 0 Å². The van der Waals surface area contributed by atoms with Crippen LogP contribution >= 0.6 is 0 Å². The van der Waals surface area contributed by atoms with Gasteiger partial charge >= 0.3 is 0 Å². The summed E-state index contributed by atoms with van der Waals surface area (Å²) in [5.41, 5.74) is 6.09. The van der Waals surface area contributed by atoms with Crippen LogP contribution in [0.25, 0.3) is 11.3 Å². The zero-order chi connectivity index (χ0) is 22.5. The summed E-state index contributed by atoms with van der Waals surface area (Å²) in [6, 6.07) is 7.64. The molecule has 2 heterocycles. The van der Waals surface area contributed by atoms with Gasteiger partial charge in [0.15, 0.2) is 0 Å². The maximum absolute atomic E-state index is 12.4. The normalized spacial score (nSPS) is 10.7. The summed E-state index contributed by atoms with van der Waals surface area (Å²) in [7, 11) is 3.39. The number of carbonyl (C=O) groups is 2. The van der Waals surface area contributed by atoms with E-state index in [0.29, 0.717) is 30.8 Å². The number of amides is 2. The van der Waals surface area contributed by atoms with E-state index in [1.165, 1.54) is 23.0 Å². The lowest BCUT2D eigenvalue weighted by molar-refractivity contribution is -0.121. The smallest absolute Gasteiger partial charge is 0.257 e. The molecule has 3 rings (SSSR count). The highest BCUT2D eigenvalue weighted by atomic mass is 16.2. The van der Waals surface area contributed by atoms with E-state index >= 15 is 0 Å². The van der Waals surface area contributed by atoms with Crippen molar-refractivity contribution in [2.45, 2.75) is 40.3 Å². The van der Waals surface area contributed by atoms with E-state index in [4.69, 9.17) is 0 Å². The zero-order valence-electron chi connectivity index (χ0n) is 18.6. The van der Waals surface area contributed by atoms with E-state index in [-0.39, 0.29) is 11.8 Å². The van der Waals surface area contributed by atoms with Gasteiger partial charge in [-0.1, -0.05) is 24.3 Å². The number of aryl methyl sites for hydroxylation is 2. The fourth-order valence-electron chi connectivity index (χ4n) is 3.24. The van der Waals surface area contributed by atoms with E-state index in [9.17, 15) is 9.59 Å². The molecule has 0 unspecified atom stereocenters. The van der Waals surface area contributed by atoms with Crippen molar-refractivity contribution in [3.8, 4) is 11.3 Å². The minimum atomic E-state index is -0.148. The van der Waals surface area contributed by atoms with E-state index in [1.807, 2.05) is 49.7 Å². The second-order valence-corrected chi connectivity index (χ2v) is 7.73. The SMILES string of the molecule is Cc1nn(CCC(=O)NCc2ccc(-c3ncncc3C(=O)N(C)C)cc2)c(C)c1C. The number of carbonyl (C=O) groups excluding carboxylic acids is 2. The minimum absolute atomic E-state index is 0.0241. The summed E-state index contributed by atoms with van der Waals surface area (Å²) < 4.78 is 1.88. The molecule has 8 heteroatoms. The van der Waals surface area contributed by atoms with Gasteiger partial charge in [0.2, 0.25) is 5.91 Å². The third-order valence-electron chi connectivity index (χ3n) is 5.36. The standard InChI is InChI=1S/C23H28N6O2/c1-15-16(2)27-29(17(15)3)11-10-21(30)25-12-18-6-8-19(9-7-18)22-20(13-24-14-26-22)23(31)28(4)5/h6-9,13-14H,10-12H2,1-5H3,(H,25,30). The number of rotatable bonds is 7. The minimum Gasteiger partial charge on any atom is -0.352 e. The van der Waals surface area contributed by atoms with Crippen LogP contribution in [0.15, 0.2) is 36.8 Å². The summed E-state index contributed by atoms with van der Waals surface area (Å²) in [4.78, 5) is 34.4. The molecule has 0 saturated carbocycles. The second kappa shape index (κ2) is 9.51. The highest BCUT2D eigenvalue weighted by molar-refractivity contribution is 5.99. The number of nitrogens with one attached hydrogen (secondary N) is 1. The molecule has 0 radical (unpaired) electrons. The van der Waals surface area contributed by atoms with E-state index in [2.05, 4.69) is 20.4 Å². The number of benzene rings is 1. The maximum Gasteiger partial charge on any atom is 0.257 e. The van der Waals surface area contributed by atoms with Gasteiger partial charge in [0.25, 0.3) is 5.91 Å².